The molecular weight excluding hydrogens is 236 g/mol. The normalized spacial score (nSPS) is 11.0. The lowest BCUT2D eigenvalue weighted by atomic mass is 9.99. The molecule has 2 amide bonds. The smallest absolute Gasteiger partial charge is 0.315 e. The van der Waals surface area contributed by atoms with E-state index in [1.165, 1.54) is 6.33 Å². The predicted octanol–water partition coefficient (Wildman–Crippen LogP) is 0.852. The minimum atomic E-state index is -0.872. The number of aliphatic carboxylic acids is 1. The largest absolute Gasteiger partial charge is 0.481 e. The van der Waals surface area contributed by atoms with E-state index in [0.29, 0.717) is 13.0 Å². The van der Waals surface area contributed by atoms with E-state index in [2.05, 4.69) is 20.6 Å². The summed E-state index contributed by atoms with van der Waals surface area (Å²) in [6.45, 7) is 3.91. The number of imidazole rings is 1. The molecule has 4 N–H and O–H groups in total. The van der Waals surface area contributed by atoms with Gasteiger partial charge in [-0.05, 0) is 20.3 Å². The average Bonchev–Trinajstić information content (AvgIpc) is 2.76. The summed E-state index contributed by atoms with van der Waals surface area (Å²) in [6.07, 6.45) is 3.55. The molecule has 7 nitrogen and oxygen atoms in total. The van der Waals surface area contributed by atoms with Gasteiger partial charge in [0.25, 0.3) is 0 Å². The van der Waals surface area contributed by atoms with Crippen LogP contribution in [0.3, 0.4) is 0 Å². The Bertz CT molecular complexity index is 400. The lowest BCUT2D eigenvalue weighted by Gasteiger charge is -2.25. The molecule has 1 rings (SSSR count). The van der Waals surface area contributed by atoms with Crippen LogP contribution in [-0.2, 0) is 11.3 Å². The number of H-pyrrole nitrogens is 1. The van der Waals surface area contributed by atoms with Gasteiger partial charge in [0.05, 0.1) is 18.6 Å². The standard InChI is InChI=1S/C11H18N4O3/c1-11(2,4-3-9(16)17)15-10(18)13-6-8-5-12-7-14-8/h5,7H,3-4,6H2,1-2H3,(H,12,14)(H,16,17)(H2,13,15,18). The number of amides is 2. The Balaban J connectivity index is 2.31. The van der Waals surface area contributed by atoms with E-state index in [1.54, 1.807) is 20.0 Å². The topological polar surface area (TPSA) is 107 Å². The van der Waals surface area contributed by atoms with Crippen LogP contribution in [0.15, 0.2) is 12.5 Å². The summed E-state index contributed by atoms with van der Waals surface area (Å²) in [7, 11) is 0. The van der Waals surface area contributed by atoms with E-state index in [9.17, 15) is 9.59 Å². The summed E-state index contributed by atoms with van der Waals surface area (Å²) >= 11 is 0. The number of carboxylic acids is 1. The van der Waals surface area contributed by atoms with Crippen LogP contribution in [0.2, 0.25) is 0 Å². The Kier molecular flexibility index (Phi) is 4.70. The van der Waals surface area contributed by atoms with Crippen molar-refractivity contribution in [2.75, 3.05) is 0 Å². The van der Waals surface area contributed by atoms with E-state index in [1.807, 2.05) is 0 Å². The van der Waals surface area contributed by atoms with Gasteiger partial charge in [0, 0.05) is 18.2 Å². The Hall–Kier alpha value is -2.05. The summed E-state index contributed by atoms with van der Waals surface area (Å²) < 4.78 is 0. The molecule has 0 spiro atoms. The summed E-state index contributed by atoms with van der Waals surface area (Å²) in [4.78, 5) is 28.8. The summed E-state index contributed by atoms with van der Waals surface area (Å²) in [5.41, 5.74) is 0.240. The van der Waals surface area contributed by atoms with Crippen LogP contribution >= 0.6 is 0 Å². The first-order valence-corrected chi connectivity index (χ1v) is 5.64. The summed E-state index contributed by atoms with van der Waals surface area (Å²) in [6, 6.07) is -0.333. The van der Waals surface area contributed by atoms with E-state index < -0.39 is 11.5 Å². The third kappa shape index (κ3) is 5.33. The van der Waals surface area contributed by atoms with E-state index in [4.69, 9.17) is 5.11 Å². The van der Waals surface area contributed by atoms with Crippen molar-refractivity contribution in [3.8, 4) is 0 Å². The third-order valence-electron chi connectivity index (χ3n) is 2.41. The highest BCUT2D eigenvalue weighted by atomic mass is 16.4. The number of rotatable bonds is 6. The Morgan fingerprint density at radius 3 is 2.78 bits per heavy atom. The summed E-state index contributed by atoms with van der Waals surface area (Å²) in [5, 5.41) is 14.0. The molecule has 0 bridgehead atoms. The number of nitrogens with zero attached hydrogens (tertiary/aromatic N) is 1. The van der Waals surface area contributed by atoms with Crippen molar-refractivity contribution in [1.29, 1.82) is 0 Å². The van der Waals surface area contributed by atoms with Gasteiger partial charge in [0.2, 0.25) is 0 Å². The highest BCUT2D eigenvalue weighted by molar-refractivity contribution is 5.74. The first-order valence-electron chi connectivity index (χ1n) is 5.64. The molecule has 100 valence electrons. The molecule has 0 saturated carbocycles. The van der Waals surface area contributed by atoms with Crippen molar-refractivity contribution < 1.29 is 14.7 Å². The zero-order valence-corrected chi connectivity index (χ0v) is 10.5. The second-order valence-corrected chi connectivity index (χ2v) is 4.66. The minimum Gasteiger partial charge on any atom is -0.481 e. The van der Waals surface area contributed by atoms with Gasteiger partial charge in [-0.1, -0.05) is 0 Å². The second-order valence-electron chi connectivity index (χ2n) is 4.66. The van der Waals surface area contributed by atoms with E-state index in [-0.39, 0.29) is 12.5 Å². The molecule has 0 radical (unpaired) electrons. The van der Waals surface area contributed by atoms with Crippen molar-refractivity contribution in [2.45, 2.75) is 38.8 Å². The molecule has 0 aliphatic heterocycles. The number of carbonyl (C=O) groups is 2. The van der Waals surface area contributed by atoms with Crippen LogP contribution in [0.4, 0.5) is 4.79 Å². The predicted molar refractivity (Wildman–Crippen MR) is 64.9 cm³/mol. The van der Waals surface area contributed by atoms with Crippen LogP contribution in [0.25, 0.3) is 0 Å². The minimum absolute atomic E-state index is 0.0217. The molecule has 0 aliphatic rings. The molecule has 0 atom stereocenters. The number of aromatic nitrogens is 2. The van der Waals surface area contributed by atoms with Crippen molar-refractivity contribution >= 4 is 12.0 Å². The molecule has 18 heavy (non-hydrogen) atoms. The van der Waals surface area contributed by atoms with Gasteiger partial charge in [-0.3, -0.25) is 4.79 Å². The number of aromatic amines is 1. The van der Waals surface area contributed by atoms with Crippen molar-refractivity contribution in [3.63, 3.8) is 0 Å². The van der Waals surface area contributed by atoms with Crippen molar-refractivity contribution in [2.24, 2.45) is 0 Å². The first-order chi connectivity index (χ1) is 8.39. The number of carboxylic acid groups (broad SMARTS) is 1. The van der Waals surface area contributed by atoms with Gasteiger partial charge in [0.1, 0.15) is 0 Å². The average molecular weight is 254 g/mol. The van der Waals surface area contributed by atoms with Gasteiger partial charge in [-0.15, -0.1) is 0 Å². The fourth-order valence-electron chi connectivity index (χ4n) is 1.39. The maximum atomic E-state index is 11.6. The van der Waals surface area contributed by atoms with Crippen molar-refractivity contribution in [1.82, 2.24) is 20.6 Å². The number of hydrogen-bond acceptors (Lipinski definition) is 3. The van der Waals surface area contributed by atoms with Gasteiger partial charge < -0.3 is 20.7 Å². The molecular formula is C11H18N4O3. The molecule has 0 fully saturated rings. The van der Waals surface area contributed by atoms with Crippen LogP contribution < -0.4 is 10.6 Å². The molecule has 0 aromatic carbocycles. The molecule has 1 heterocycles. The summed E-state index contributed by atoms with van der Waals surface area (Å²) in [5.74, 6) is -0.872. The van der Waals surface area contributed by atoms with E-state index >= 15 is 0 Å². The lowest BCUT2D eigenvalue weighted by Crippen LogP contribution is -2.48. The van der Waals surface area contributed by atoms with Gasteiger partial charge >= 0.3 is 12.0 Å². The fourth-order valence-corrected chi connectivity index (χ4v) is 1.39. The third-order valence-corrected chi connectivity index (χ3v) is 2.41. The number of urea groups is 1. The quantitative estimate of drug-likeness (QED) is 0.603. The second kappa shape index (κ2) is 6.04. The zero-order valence-electron chi connectivity index (χ0n) is 10.5. The molecule has 7 heteroatoms. The van der Waals surface area contributed by atoms with Gasteiger partial charge in [-0.25, -0.2) is 9.78 Å². The first kappa shape index (κ1) is 14.0. The molecule has 0 aliphatic carbocycles. The van der Waals surface area contributed by atoms with Crippen LogP contribution in [0.1, 0.15) is 32.4 Å². The molecule has 0 unspecified atom stereocenters. The number of hydrogen-bond donors (Lipinski definition) is 4. The molecule has 1 aromatic heterocycles. The van der Waals surface area contributed by atoms with E-state index in [0.717, 1.165) is 5.69 Å². The van der Waals surface area contributed by atoms with Crippen LogP contribution in [0, 0.1) is 0 Å². The van der Waals surface area contributed by atoms with Crippen LogP contribution in [-0.4, -0.2) is 32.6 Å². The highest BCUT2D eigenvalue weighted by Crippen LogP contribution is 2.10. The number of carbonyl (C=O) groups excluding carboxylic acids is 1. The van der Waals surface area contributed by atoms with Gasteiger partial charge in [0.15, 0.2) is 0 Å². The highest BCUT2D eigenvalue weighted by Gasteiger charge is 2.21. The maximum absolute atomic E-state index is 11.6. The van der Waals surface area contributed by atoms with Crippen LogP contribution in [0.5, 0.6) is 0 Å². The fraction of sp³-hybridized carbons (Fsp3) is 0.545. The maximum Gasteiger partial charge on any atom is 0.315 e. The lowest BCUT2D eigenvalue weighted by molar-refractivity contribution is -0.137. The SMILES string of the molecule is CC(C)(CCC(=O)O)NC(=O)NCc1cnc[nH]1. The molecule has 0 saturated heterocycles. The number of nitrogens with one attached hydrogen (secondary N) is 3. The Morgan fingerprint density at radius 2 is 2.22 bits per heavy atom. The van der Waals surface area contributed by atoms with Crippen molar-refractivity contribution in [3.05, 3.63) is 18.2 Å². The molecule has 1 aromatic rings. The monoisotopic (exact) mass is 254 g/mol. The Morgan fingerprint density at radius 1 is 1.50 bits per heavy atom. The Labute approximate surface area is 105 Å². The van der Waals surface area contributed by atoms with Gasteiger partial charge in [-0.2, -0.15) is 0 Å². The zero-order chi connectivity index (χ0) is 13.6.